The van der Waals surface area contributed by atoms with Gasteiger partial charge in [-0.25, -0.2) is 4.39 Å². The number of benzene rings is 2. The quantitative estimate of drug-likeness (QED) is 0.612. The van der Waals surface area contributed by atoms with E-state index < -0.39 is 23.7 Å². The molecule has 1 saturated heterocycles. The van der Waals surface area contributed by atoms with Gasteiger partial charge in [-0.15, -0.1) is 0 Å². The Bertz CT molecular complexity index is 892. The Kier molecular flexibility index (Phi) is 8.22. The Morgan fingerprint density at radius 3 is 2.48 bits per heavy atom. The molecule has 0 aliphatic carbocycles. The summed E-state index contributed by atoms with van der Waals surface area (Å²) in [6, 6.07) is 12.6. The number of carbonyl (C=O) groups is 2. The maximum Gasteiger partial charge on any atom is 0.305 e. The first-order chi connectivity index (χ1) is 14.9. The van der Waals surface area contributed by atoms with E-state index >= 15 is 0 Å². The van der Waals surface area contributed by atoms with Crippen molar-refractivity contribution in [3.05, 3.63) is 59.4 Å². The average molecular weight is 450 g/mol. The number of carboxylic acid groups (broad SMARTS) is 1. The van der Waals surface area contributed by atoms with Gasteiger partial charge in [0.2, 0.25) is 5.91 Å². The molecule has 2 N–H and O–H groups in total. The van der Waals surface area contributed by atoms with Crippen LogP contribution in [0.15, 0.2) is 48.5 Å². The van der Waals surface area contributed by atoms with Crippen LogP contribution < -0.4 is 10.1 Å². The molecule has 2 aromatic rings. The van der Waals surface area contributed by atoms with E-state index in [2.05, 4.69) is 10.2 Å². The van der Waals surface area contributed by atoms with Crippen LogP contribution in [0.3, 0.4) is 0 Å². The average Bonchev–Trinajstić information content (AvgIpc) is 2.76. The molecule has 0 spiro atoms. The molecule has 1 aliphatic rings. The molecule has 0 unspecified atom stereocenters. The fraction of sp³-hybridized carbons (Fsp3) is 0.364. The van der Waals surface area contributed by atoms with Gasteiger partial charge < -0.3 is 15.2 Å². The van der Waals surface area contributed by atoms with E-state index in [1.807, 2.05) is 35.2 Å². The van der Waals surface area contributed by atoms with Crippen molar-refractivity contribution in [2.24, 2.45) is 0 Å². The van der Waals surface area contributed by atoms with E-state index in [4.69, 9.17) is 16.3 Å². The minimum atomic E-state index is -1.06. The van der Waals surface area contributed by atoms with Crippen molar-refractivity contribution in [3.8, 4) is 5.75 Å². The summed E-state index contributed by atoms with van der Waals surface area (Å²) < 4.78 is 19.1. The lowest BCUT2D eigenvalue weighted by Gasteiger charge is -2.38. The molecule has 1 amide bonds. The molecule has 166 valence electrons. The van der Waals surface area contributed by atoms with E-state index in [1.54, 1.807) is 0 Å². The fourth-order valence-electron chi connectivity index (χ4n) is 3.46. The number of piperazine rings is 1. The molecule has 1 fully saturated rings. The molecule has 0 aromatic heterocycles. The van der Waals surface area contributed by atoms with Crippen LogP contribution in [-0.2, 0) is 9.59 Å². The molecule has 0 saturated carbocycles. The lowest BCUT2D eigenvalue weighted by Crippen LogP contribution is -2.54. The summed E-state index contributed by atoms with van der Waals surface area (Å²) in [4.78, 5) is 28.2. The van der Waals surface area contributed by atoms with Crippen LogP contribution in [0.1, 0.15) is 6.42 Å². The first kappa shape index (κ1) is 23.0. The molecule has 9 heteroatoms. The van der Waals surface area contributed by atoms with Gasteiger partial charge in [0.15, 0.2) is 0 Å². The molecular formula is C22H25ClFN3O4. The highest BCUT2D eigenvalue weighted by Gasteiger charge is 2.31. The van der Waals surface area contributed by atoms with E-state index in [0.29, 0.717) is 38.5 Å². The Morgan fingerprint density at radius 1 is 1.13 bits per heavy atom. The van der Waals surface area contributed by atoms with E-state index in [1.165, 1.54) is 12.1 Å². The van der Waals surface area contributed by atoms with Gasteiger partial charge in [0, 0.05) is 38.4 Å². The first-order valence-electron chi connectivity index (χ1n) is 10.0. The largest absolute Gasteiger partial charge is 0.492 e. The van der Waals surface area contributed by atoms with Crippen molar-refractivity contribution in [2.75, 3.05) is 44.6 Å². The third kappa shape index (κ3) is 6.92. The Labute approximate surface area is 185 Å². The number of hydrogen-bond donors (Lipinski definition) is 2. The lowest BCUT2D eigenvalue weighted by atomic mass is 10.1. The number of hydrogen-bond acceptors (Lipinski definition) is 5. The van der Waals surface area contributed by atoms with Crippen molar-refractivity contribution in [2.45, 2.75) is 12.5 Å². The second-order valence-electron chi connectivity index (χ2n) is 7.27. The highest BCUT2D eigenvalue weighted by atomic mass is 35.5. The zero-order valence-electron chi connectivity index (χ0n) is 17.0. The van der Waals surface area contributed by atoms with Gasteiger partial charge in [0.1, 0.15) is 24.2 Å². The van der Waals surface area contributed by atoms with E-state index in [9.17, 15) is 19.1 Å². The summed E-state index contributed by atoms with van der Waals surface area (Å²) >= 11 is 5.76. The molecule has 7 nitrogen and oxygen atoms in total. The number of amides is 1. The summed E-state index contributed by atoms with van der Waals surface area (Å²) in [6.45, 7) is 3.80. The first-order valence-corrected chi connectivity index (χ1v) is 10.4. The van der Waals surface area contributed by atoms with Gasteiger partial charge in [-0.3, -0.25) is 19.4 Å². The second kappa shape index (κ2) is 11.1. The van der Waals surface area contributed by atoms with Crippen LogP contribution in [-0.4, -0.2) is 72.2 Å². The zero-order valence-corrected chi connectivity index (χ0v) is 17.7. The Hall–Kier alpha value is -2.68. The van der Waals surface area contributed by atoms with Crippen LogP contribution in [0.4, 0.5) is 10.1 Å². The van der Waals surface area contributed by atoms with Crippen molar-refractivity contribution in [3.63, 3.8) is 0 Å². The number of carboxylic acids is 1. The van der Waals surface area contributed by atoms with Crippen LogP contribution >= 0.6 is 11.6 Å². The molecule has 1 atom stereocenters. The minimum absolute atomic E-state index is 0.112. The maximum atomic E-state index is 13.3. The van der Waals surface area contributed by atoms with Crippen LogP contribution in [0.2, 0.25) is 5.02 Å². The normalized spacial score (nSPS) is 15.9. The topological polar surface area (TPSA) is 82.1 Å². The SMILES string of the molecule is O=C(O)C[C@@H](C(=O)Nc1ccc(F)c(Cl)c1)N1CCN(CCOc2ccccc2)CC1. The van der Waals surface area contributed by atoms with Crippen LogP contribution in [0.25, 0.3) is 0 Å². The molecule has 3 rings (SSSR count). The van der Waals surface area contributed by atoms with Gasteiger partial charge in [0.05, 0.1) is 11.4 Å². The number of anilines is 1. The highest BCUT2D eigenvalue weighted by molar-refractivity contribution is 6.31. The molecule has 0 bridgehead atoms. The van der Waals surface area contributed by atoms with E-state index in [-0.39, 0.29) is 11.4 Å². The summed E-state index contributed by atoms with van der Waals surface area (Å²) in [6.07, 6.45) is -0.322. The maximum absolute atomic E-state index is 13.3. The second-order valence-corrected chi connectivity index (χ2v) is 7.68. The molecule has 1 aliphatic heterocycles. The number of para-hydroxylation sites is 1. The van der Waals surface area contributed by atoms with Crippen molar-refractivity contribution in [1.29, 1.82) is 0 Å². The van der Waals surface area contributed by atoms with Gasteiger partial charge in [-0.2, -0.15) is 0 Å². The van der Waals surface area contributed by atoms with Crippen LogP contribution in [0.5, 0.6) is 5.75 Å². The number of rotatable bonds is 9. The number of nitrogens with zero attached hydrogens (tertiary/aromatic N) is 2. The number of nitrogens with one attached hydrogen (secondary N) is 1. The molecule has 1 heterocycles. The molecular weight excluding hydrogens is 425 g/mol. The predicted octanol–water partition coefficient (Wildman–Crippen LogP) is 2.96. The molecule has 0 radical (unpaired) electrons. The molecule has 2 aromatic carbocycles. The third-order valence-corrected chi connectivity index (χ3v) is 5.41. The summed E-state index contributed by atoms with van der Waals surface area (Å²) in [5, 5.41) is 11.8. The van der Waals surface area contributed by atoms with Gasteiger partial charge in [-0.1, -0.05) is 29.8 Å². The van der Waals surface area contributed by atoms with Crippen molar-refractivity contribution >= 4 is 29.2 Å². The highest BCUT2D eigenvalue weighted by Crippen LogP contribution is 2.20. The van der Waals surface area contributed by atoms with Gasteiger partial charge in [0.25, 0.3) is 0 Å². The Balaban J connectivity index is 1.52. The van der Waals surface area contributed by atoms with Crippen LogP contribution in [0, 0.1) is 5.82 Å². The number of ether oxygens (including phenoxy) is 1. The summed E-state index contributed by atoms with van der Waals surface area (Å²) in [7, 11) is 0. The zero-order chi connectivity index (χ0) is 22.2. The minimum Gasteiger partial charge on any atom is -0.492 e. The molecule has 31 heavy (non-hydrogen) atoms. The fourth-order valence-corrected chi connectivity index (χ4v) is 3.64. The monoisotopic (exact) mass is 449 g/mol. The van der Waals surface area contributed by atoms with Crippen molar-refractivity contribution in [1.82, 2.24) is 9.80 Å². The predicted molar refractivity (Wildman–Crippen MR) is 116 cm³/mol. The smallest absolute Gasteiger partial charge is 0.305 e. The Morgan fingerprint density at radius 2 is 1.84 bits per heavy atom. The third-order valence-electron chi connectivity index (χ3n) is 5.12. The van der Waals surface area contributed by atoms with Crippen molar-refractivity contribution < 1.29 is 23.8 Å². The number of aliphatic carboxylic acids is 1. The van der Waals surface area contributed by atoms with Gasteiger partial charge >= 0.3 is 5.97 Å². The van der Waals surface area contributed by atoms with E-state index in [0.717, 1.165) is 18.4 Å². The number of halogens is 2. The standard InChI is InChI=1S/C22H25ClFN3O4/c23-18-14-16(6-7-19(18)24)25-22(30)20(15-21(28)29)27-10-8-26(9-11-27)12-13-31-17-4-2-1-3-5-17/h1-7,14,20H,8-13,15H2,(H,25,30)(H,28,29)/t20-/m0/s1. The van der Waals surface area contributed by atoms with Gasteiger partial charge in [-0.05, 0) is 30.3 Å². The summed E-state index contributed by atoms with van der Waals surface area (Å²) in [5.41, 5.74) is 0.323. The number of carbonyl (C=O) groups excluding carboxylic acids is 1. The lowest BCUT2D eigenvalue weighted by molar-refractivity contribution is -0.141. The summed E-state index contributed by atoms with van der Waals surface area (Å²) in [5.74, 6) is -1.28.